The van der Waals surface area contributed by atoms with Crippen LogP contribution < -0.4 is 11.1 Å². The van der Waals surface area contributed by atoms with Crippen molar-refractivity contribution in [3.8, 4) is 0 Å². The summed E-state index contributed by atoms with van der Waals surface area (Å²) >= 11 is 0. The lowest BCUT2D eigenvalue weighted by atomic mass is 9.96. The summed E-state index contributed by atoms with van der Waals surface area (Å²) in [6.07, 6.45) is 8.16. The van der Waals surface area contributed by atoms with Gasteiger partial charge in [-0.25, -0.2) is 4.99 Å². The van der Waals surface area contributed by atoms with Crippen molar-refractivity contribution in [2.75, 3.05) is 0 Å². The minimum atomic E-state index is 0. The van der Waals surface area contributed by atoms with E-state index >= 15 is 0 Å². The predicted molar refractivity (Wildman–Crippen MR) is 84.1 cm³/mol. The molecule has 1 aromatic rings. The van der Waals surface area contributed by atoms with Gasteiger partial charge in [0, 0.05) is 17.3 Å². The molecule has 0 aromatic carbocycles. The van der Waals surface area contributed by atoms with Crippen LogP contribution >= 0.6 is 24.0 Å². The van der Waals surface area contributed by atoms with Crippen LogP contribution in [0.3, 0.4) is 0 Å². The molecule has 1 fully saturated rings. The number of aromatic nitrogens is 2. The molecule has 18 heavy (non-hydrogen) atoms. The van der Waals surface area contributed by atoms with Gasteiger partial charge in [-0.3, -0.25) is 5.10 Å². The van der Waals surface area contributed by atoms with Crippen molar-refractivity contribution >= 4 is 29.9 Å². The van der Waals surface area contributed by atoms with Gasteiger partial charge in [-0.2, -0.15) is 5.10 Å². The number of H-pyrrole nitrogens is 1. The highest BCUT2D eigenvalue weighted by molar-refractivity contribution is 14.0. The van der Waals surface area contributed by atoms with Gasteiger partial charge in [0.1, 0.15) is 0 Å². The third kappa shape index (κ3) is 4.47. The number of nitrogens with two attached hydrogens (primary N) is 1. The smallest absolute Gasteiger partial charge is 0.189 e. The lowest BCUT2D eigenvalue weighted by molar-refractivity contribution is 0.412. The van der Waals surface area contributed by atoms with Gasteiger partial charge in [-0.05, 0) is 19.8 Å². The Labute approximate surface area is 125 Å². The summed E-state index contributed by atoms with van der Waals surface area (Å²) in [6, 6.07) is 0.512. The summed E-state index contributed by atoms with van der Waals surface area (Å²) in [5.74, 6) is 0.553. The van der Waals surface area contributed by atoms with Gasteiger partial charge in [0.05, 0.1) is 12.7 Å². The molecule has 0 saturated heterocycles. The van der Waals surface area contributed by atoms with Crippen molar-refractivity contribution in [3.05, 3.63) is 17.5 Å². The first-order chi connectivity index (χ1) is 8.25. The first kappa shape index (κ1) is 15.3. The number of aromatic amines is 1. The van der Waals surface area contributed by atoms with Crippen LogP contribution in [-0.4, -0.2) is 22.2 Å². The Bertz CT molecular complexity index is 382. The molecule has 4 N–H and O–H groups in total. The number of hydrogen-bond donors (Lipinski definition) is 3. The van der Waals surface area contributed by atoms with E-state index in [2.05, 4.69) is 20.5 Å². The molecule has 2 rings (SSSR count). The molecule has 0 radical (unpaired) electrons. The maximum absolute atomic E-state index is 5.88. The average molecular weight is 363 g/mol. The molecule has 5 nitrogen and oxygen atoms in total. The number of hydrogen-bond acceptors (Lipinski definition) is 2. The summed E-state index contributed by atoms with van der Waals surface area (Å²) in [4.78, 5) is 4.34. The summed E-state index contributed by atoms with van der Waals surface area (Å²) in [5.41, 5.74) is 8.03. The maximum Gasteiger partial charge on any atom is 0.189 e. The van der Waals surface area contributed by atoms with Crippen molar-refractivity contribution in [1.82, 2.24) is 15.5 Å². The molecule has 1 aromatic heterocycles. The van der Waals surface area contributed by atoms with Crippen LogP contribution in [-0.2, 0) is 6.54 Å². The third-order valence-corrected chi connectivity index (χ3v) is 3.31. The van der Waals surface area contributed by atoms with Gasteiger partial charge in [0.2, 0.25) is 0 Å². The van der Waals surface area contributed by atoms with Gasteiger partial charge >= 0.3 is 0 Å². The Morgan fingerprint density at radius 3 is 2.83 bits per heavy atom. The van der Waals surface area contributed by atoms with Gasteiger partial charge in [0.15, 0.2) is 5.96 Å². The Hall–Kier alpha value is -0.790. The third-order valence-electron chi connectivity index (χ3n) is 3.31. The van der Waals surface area contributed by atoms with Gasteiger partial charge in [0.25, 0.3) is 0 Å². The second kappa shape index (κ2) is 7.60. The molecular weight excluding hydrogens is 341 g/mol. The number of guanidine groups is 1. The quantitative estimate of drug-likeness (QED) is 0.437. The molecule has 1 saturated carbocycles. The number of aliphatic imine (C=N–C) groups is 1. The Morgan fingerprint density at radius 1 is 1.50 bits per heavy atom. The highest BCUT2D eigenvalue weighted by Crippen LogP contribution is 2.17. The highest BCUT2D eigenvalue weighted by atomic mass is 127. The largest absolute Gasteiger partial charge is 0.370 e. The zero-order valence-electron chi connectivity index (χ0n) is 10.8. The topological polar surface area (TPSA) is 79.1 Å². The number of nitrogens with one attached hydrogen (secondary N) is 2. The van der Waals surface area contributed by atoms with Crippen molar-refractivity contribution < 1.29 is 0 Å². The van der Waals surface area contributed by atoms with Gasteiger partial charge in [-0.15, -0.1) is 24.0 Å². The molecule has 0 bridgehead atoms. The normalized spacial score (nSPS) is 17.3. The van der Waals surface area contributed by atoms with E-state index in [1.165, 1.54) is 32.1 Å². The molecule has 6 heteroatoms. The van der Waals surface area contributed by atoms with Gasteiger partial charge in [-0.1, -0.05) is 19.3 Å². The summed E-state index contributed by atoms with van der Waals surface area (Å²) in [5, 5.41) is 10.2. The summed E-state index contributed by atoms with van der Waals surface area (Å²) in [6.45, 7) is 2.58. The van der Waals surface area contributed by atoms with E-state index < -0.39 is 0 Å². The zero-order chi connectivity index (χ0) is 12.1. The van der Waals surface area contributed by atoms with Crippen LogP contribution in [0.5, 0.6) is 0 Å². The zero-order valence-corrected chi connectivity index (χ0v) is 13.1. The first-order valence-corrected chi connectivity index (χ1v) is 6.31. The fourth-order valence-electron chi connectivity index (χ4n) is 2.21. The molecule has 0 aliphatic heterocycles. The standard InChI is InChI=1S/C12H21N5.HI/c1-9-10(8-15-17-9)7-14-12(13)16-11-5-3-2-4-6-11;/h8,11H,2-7H2,1H3,(H,15,17)(H3,13,14,16);1H. The molecule has 0 unspecified atom stereocenters. The first-order valence-electron chi connectivity index (χ1n) is 6.31. The molecule has 0 amide bonds. The summed E-state index contributed by atoms with van der Waals surface area (Å²) in [7, 11) is 0. The number of rotatable bonds is 3. The van der Waals surface area contributed by atoms with Crippen molar-refractivity contribution in [2.24, 2.45) is 10.7 Å². The van der Waals surface area contributed by atoms with Gasteiger partial charge < -0.3 is 11.1 Å². The van der Waals surface area contributed by atoms with Crippen LogP contribution in [0.15, 0.2) is 11.2 Å². The second-order valence-corrected chi connectivity index (χ2v) is 4.70. The van der Waals surface area contributed by atoms with E-state index in [9.17, 15) is 0 Å². The minimum absolute atomic E-state index is 0. The van der Waals surface area contributed by atoms with Crippen LogP contribution in [0.4, 0.5) is 0 Å². The molecular formula is C12H22IN5. The van der Waals surface area contributed by atoms with Crippen molar-refractivity contribution in [1.29, 1.82) is 0 Å². The number of aryl methyl sites for hydroxylation is 1. The van der Waals surface area contributed by atoms with Crippen molar-refractivity contribution in [2.45, 2.75) is 51.6 Å². The maximum atomic E-state index is 5.88. The lowest BCUT2D eigenvalue weighted by Gasteiger charge is -2.23. The number of halogens is 1. The van der Waals surface area contributed by atoms with E-state index in [4.69, 9.17) is 5.73 Å². The molecule has 0 spiro atoms. The Balaban J connectivity index is 0.00000162. The van der Waals surface area contributed by atoms with E-state index in [0.29, 0.717) is 18.5 Å². The van der Waals surface area contributed by atoms with Crippen LogP contribution in [0.2, 0.25) is 0 Å². The highest BCUT2D eigenvalue weighted by Gasteiger charge is 2.13. The predicted octanol–water partition coefficient (Wildman–Crippen LogP) is 2.07. The fourth-order valence-corrected chi connectivity index (χ4v) is 2.21. The number of nitrogens with zero attached hydrogens (tertiary/aromatic N) is 2. The van der Waals surface area contributed by atoms with Crippen LogP contribution in [0.25, 0.3) is 0 Å². The SMILES string of the molecule is Cc1[nH]ncc1CN=C(N)NC1CCCCC1.I. The van der Waals surface area contributed by atoms with Crippen LogP contribution in [0, 0.1) is 6.92 Å². The Morgan fingerprint density at radius 2 is 2.22 bits per heavy atom. The second-order valence-electron chi connectivity index (χ2n) is 4.70. The van der Waals surface area contributed by atoms with Crippen LogP contribution in [0.1, 0.15) is 43.4 Å². The van der Waals surface area contributed by atoms with E-state index in [-0.39, 0.29) is 24.0 Å². The lowest BCUT2D eigenvalue weighted by Crippen LogP contribution is -2.41. The average Bonchev–Trinajstić information content (AvgIpc) is 2.74. The van der Waals surface area contributed by atoms with E-state index in [0.717, 1.165) is 11.3 Å². The monoisotopic (exact) mass is 363 g/mol. The molecule has 1 aliphatic carbocycles. The van der Waals surface area contributed by atoms with E-state index in [1.54, 1.807) is 6.20 Å². The van der Waals surface area contributed by atoms with Crippen molar-refractivity contribution in [3.63, 3.8) is 0 Å². The van der Waals surface area contributed by atoms with E-state index in [1.807, 2.05) is 6.92 Å². The fraction of sp³-hybridized carbons (Fsp3) is 0.667. The minimum Gasteiger partial charge on any atom is -0.370 e. The Kier molecular flexibility index (Phi) is 6.45. The summed E-state index contributed by atoms with van der Waals surface area (Å²) < 4.78 is 0. The molecule has 0 atom stereocenters. The molecule has 1 heterocycles. The molecule has 1 aliphatic rings. The molecule has 102 valence electrons.